The fourth-order valence-corrected chi connectivity index (χ4v) is 1.31. The zero-order chi connectivity index (χ0) is 13.4. The number of aliphatic carboxylic acids is 1. The molecule has 2 atom stereocenters. The molecule has 0 aromatic heterocycles. The first-order chi connectivity index (χ1) is 7.88. The molecular weight excluding hydrogens is 227 g/mol. The van der Waals surface area contributed by atoms with Crippen molar-refractivity contribution in [2.45, 2.75) is 44.6 Å². The van der Waals surface area contributed by atoms with Crippen LogP contribution in [0.4, 0.5) is 0 Å². The number of carboxylic acids is 1. The van der Waals surface area contributed by atoms with Crippen molar-refractivity contribution in [2.75, 3.05) is 0 Å². The largest absolute Gasteiger partial charge is 0.481 e. The molecule has 0 saturated heterocycles. The van der Waals surface area contributed by atoms with Gasteiger partial charge in [-0.15, -0.1) is 0 Å². The van der Waals surface area contributed by atoms with Crippen LogP contribution in [0.3, 0.4) is 0 Å². The molecule has 98 valence electrons. The quantitative estimate of drug-likeness (QED) is 0.330. The zero-order valence-electron chi connectivity index (χ0n) is 9.80. The Morgan fingerprint density at radius 2 is 1.94 bits per heavy atom. The van der Waals surface area contributed by atoms with Gasteiger partial charge in [-0.1, -0.05) is 13.3 Å². The number of amides is 1. The van der Waals surface area contributed by atoms with Crippen molar-refractivity contribution >= 4 is 19.0 Å². The molecule has 8 heteroatoms. The molecular formula is C9H19BN2O5. The summed E-state index contributed by atoms with van der Waals surface area (Å²) in [7, 11) is -1.65. The number of hydrogen-bond donors (Lipinski definition) is 5. The second-order valence-corrected chi connectivity index (χ2v) is 3.86. The molecule has 1 amide bonds. The monoisotopic (exact) mass is 246 g/mol. The van der Waals surface area contributed by atoms with Crippen LogP contribution in [0.2, 0.25) is 0 Å². The van der Waals surface area contributed by atoms with Gasteiger partial charge in [-0.05, 0) is 12.8 Å². The van der Waals surface area contributed by atoms with Crippen LogP contribution in [0.1, 0.15) is 32.6 Å². The lowest BCUT2D eigenvalue weighted by atomic mass is 9.76. The Balaban J connectivity index is 4.15. The molecule has 0 fully saturated rings. The van der Waals surface area contributed by atoms with Gasteiger partial charge in [-0.3, -0.25) is 9.59 Å². The summed E-state index contributed by atoms with van der Waals surface area (Å²) in [6.07, 6.45) is 0.901. The van der Waals surface area contributed by atoms with Crippen molar-refractivity contribution < 1.29 is 24.7 Å². The Bertz CT molecular complexity index is 262. The lowest BCUT2D eigenvalue weighted by Crippen LogP contribution is -2.51. The molecule has 0 aromatic rings. The SMILES string of the molecule is CCC[C@H](NC(=O)[C@@H](N)CCC(=O)O)B(O)O. The third-order valence-electron chi connectivity index (χ3n) is 2.29. The van der Waals surface area contributed by atoms with E-state index in [2.05, 4.69) is 5.32 Å². The van der Waals surface area contributed by atoms with Crippen molar-refractivity contribution in [1.82, 2.24) is 5.32 Å². The molecule has 0 spiro atoms. The average Bonchev–Trinajstić information content (AvgIpc) is 2.24. The van der Waals surface area contributed by atoms with E-state index in [9.17, 15) is 9.59 Å². The molecule has 6 N–H and O–H groups in total. The first kappa shape index (κ1) is 15.9. The first-order valence-corrected chi connectivity index (χ1v) is 5.52. The van der Waals surface area contributed by atoms with E-state index < -0.39 is 31.0 Å². The van der Waals surface area contributed by atoms with E-state index in [-0.39, 0.29) is 12.8 Å². The Hall–Kier alpha value is -1.12. The molecule has 17 heavy (non-hydrogen) atoms. The fraction of sp³-hybridized carbons (Fsp3) is 0.778. The molecule has 0 aliphatic carbocycles. The molecule has 0 aromatic carbocycles. The number of carboxylic acid groups (broad SMARTS) is 1. The minimum absolute atomic E-state index is 0.0154. The van der Waals surface area contributed by atoms with Crippen LogP contribution in [0.5, 0.6) is 0 Å². The molecule has 0 aliphatic heterocycles. The van der Waals surface area contributed by atoms with Crippen molar-refractivity contribution in [1.29, 1.82) is 0 Å². The number of hydrogen-bond acceptors (Lipinski definition) is 5. The third kappa shape index (κ3) is 6.93. The Labute approximate surface area is 100 Å². The summed E-state index contributed by atoms with van der Waals surface area (Å²) < 4.78 is 0. The number of carbonyl (C=O) groups is 2. The van der Waals surface area contributed by atoms with Gasteiger partial charge in [0, 0.05) is 6.42 Å². The van der Waals surface area contributed by atoms with E-state index in [1.165, 1.54) is 0 Å². The summed E-state index contributed by atoms with van der Waals surface area (Å²) in [5.41, 5.74) is 5.47. The van der Waals surface area contributed by atoms with E-state index in [0.29, 0.717) is 12.8 Å². The topological polar surface area (TPSA) is 133 Å². The second kappa shape index (κ2) is 8.05. The predicted molar refractivity (Wildman–Crippen MR) is 61.9 cm³/mol. The number of nitrogens with one attached hydrogen (secondary N) is 1. The zero-order valence-corrected chi connectivity index (χ0v) is 9.80. The molecule has 0 saturated carbocycles. The first-order valence-electron chi connectivity index (χ1n) is 5.52. The lowest BCUT2D eigenvalue weighted by Gasteiger charge is -2.19. The summed E-state index contributed by atoms with van der Waals surface area (Å²) in [5.74, 6) is -2.37. The van der Waals surface area contributed by atoms with E-state index in [4.69, 9.17) is 20.9 Å². The second-order valence-electron chi connectivity index (χ2n) is 3.86. The molecule has 0 aliphatic rings. The third-order valence-corrected chi connectivity index (χ3v) is 2.29. The van der Waals surface area contributed by atoms with Crippen molar-refractivity contribution in [3.63, 3.8) is 0 Å². The molecule has 0 bridgehead atoms. The van der Waals surface area contributed by atoms with E-state index in [1.54, 1.807) is 0 Å². The van der Waals surface area contributed by atoms with Gasteiger partial charge >= 0.3 is 13.1 Å². The summed E-state index contributed by atoms with van der Waals surface area (Å²) in [6.45, 7) is 1.84. The smallest absolute Gasteiger partial charge is 0.475 e. The summed E-state index contributed by atoms with van der Waals surface area (Å²) >= 11 is 0. The van der Waals surface area contributed by atoms with Crippen molar-refractivity contribution in [3.05, 3.63) is 0 Å². The lowest BCUT2D eigenvalue weighted by molar-refractivity contribution is -0.137. The van der Waals surface area contributed by atoms with Crippen LogP contribution in [0.25, 0.3) is 0 Å². The van der Waals surface area contributed by atoms with Gasteiger partial charge in [-0.2, -0.15) is 0 Å². The maximum absolute atomic E-state index is 11.5. The van der Waals surface area contributed by atoms with E-state index >= 15 is 0 Å². The molecule has 7 nitrogen and oxygen atoms in total. The predicted octanol–water partition coefficient (Wildman–Crippen LogP) is -1.52. The van der Waals surface area contributed by atoms with Gasteiger partial charge in [0.15, 0.2) is 0 Å². The van der Waals surface area contributed by atoms with Crippen LogP contribution in [0, 0.1) is 0 Å². The van der Waals surface area contributed by atoms with E-state index in [0.717, 1.165) is 0 Å². The Morgan fingerprint density at radius 3 is 2.35 bits per heavy atom. The van der Waals surface area contributed by atoms with Gasteiger partial charge in [0.25, 0.3) is 0 Å². The Kier molecular flexibility index (Phi) is 7.52. The average molecular weight is 246 g/mol. The van der Waals surface area contributed by atoms with Gasteiger partial charge in [0.2, 0.25) is 5.91 Å². The Morgan fingerprint density at radius 1 is 1.35 bits per heavy atom. The van der Waals surface area contributed by atoms with E-state index in [1.807, 2.05) is 6.92 Å². The highest BCUT2D eigenvalue weighted by Gasteiger charge is 2.26. The van der Waals surface area contributed by atoms with Crippen LogP contribution in [-0.4, -0.2) is 46.1 Å². The van der Waals surface area contributed by atoms with Gasteiger partial charge < -0.3 is 26.2 Å². The standard InChI is InChI=1S/C9H19BN2O5/c1-2-3-7(10(16)17)12-9(15)6(11)4-5-8(13)14/h6-7,16-17H,2-5,11H2,1H3,(H,12,15)(H,13,14)/t6-,7-/m0/s1. The fourth-order valence-electron chi connectivity index (χ4n) is 1.31. The van der Waals surface area contributed by atoms with Crippen LogP contribution in [-0.2, 0) is 9.59 Å². The highest BCUT2D eigenvalue weighted by Crippen LogP contribution is 2.01. The summed E-state index contributed by atoms with van der Waals surface area (Å²) in [6, 6.07) is -0.954. The van der Waals surface area contributed by atoms with Gasteiger partial charge in [-0.25, -0.2) is 0 Å². The minimum Gasteiger partial charge on any atom is -0.481 e. The number of rotatable bonds is 8. The molecule has 0 heterocycles. The highest BCUT2D eigenvalue weighted by molar-refractivity contribution is 6.43. The molecule has 0 radical (unpaired) electrons. The maximum atomic E-state index is 11.5. The van der Waals surface area contributed by atoms with Gasteiger partial charge in [0.05, 0.1) is 12.0 Å². The number of nitrogens with two attached hydrogens (primary N) is 1. The molecule has 0 rings (SSSR count). The molecule has 0 unspecified atom stereocenters. The summed E-state index contributed by atoms with van der Waals surface area (Å²) in [4.78, 5) is 21.8. The maximum Gasteiger partial charge on any atom is 0.475 e. The summed E-state index contributed by atoms with van der Waals surface area (Å²) in [5, 5.41) is 28.8. The number of carbonyl (C=O) groups excluding carboxylic acids is 1. The van der Waals surface area contributed by atoms with Crippen LogP contribution < -0.4 is 11.1 Å². The minimum atomic E-state index is -1.65. The van der Waals surface area contributed by atoms with Gasteiger partial charge in [0.1, 0.15) is 0 Å². The van der Waals surface area contributed by atoms with Crippen LogP contribution >= 0.6 is 0 Å². The van der Waals surface area contributed by atoms with Crippen molar-refractivity contribution in [3.8, 4) is 0 Å². The van der Waals surface area contributed by atoms with Crippen LogP contribution in [0.15, 0.2) is 0 Å². The highest BCUT2D eigenvalue weighted by atomic mass is 16.4. The normalized spacial score (nSPS) is 13.9. The van der Waals surface area contributed by atoms with Crippen molar-refractivity contribution in [2.24, 2.45) is 5.73 Å².